The predicted octanol–water partition coefficient (Wildman–Crippen LogP) is 14.1. The molecular weight excluding hydrogens is 544 g/mol. The second kappa shape index (κ2) is 40.6. The quantitative estimate of drug-likeness (QED) is 0.0418. The zero-order valence-corrected chi connectivity index (χ0v) is 30.9. The summed E-state index contributed by atoms with van der Waals surface area (Å²) in [6, 6.07) is 0. The molecule has 0 atom stereocenters. The third kappa shape index (κ3) is 38.7. The van der Waals surface area contributed by atoms with Crippen molar-refractivity contribution >= 4 is 6.21 Å². The van der Waals surface area contributed by atoms with Crippen molar-refractivity contribution in [3.8, 4) is 0 Å². The summed E-state index contributed by atoms with van der Waals surface area (Å²) in [5.41, 5.74) is 0. The van der Waals surface area contributed by atoms with Gasteiger partial charge in [0.05, 0.1) is 0 Å². The number of hydrogen-bond acceptors (Lipinski definition) is 2. The number of unbranched alkanes of at least 4 members (excludes halogenated alkanes) is 19. The highest BCUT2D eigenvalue weighted by molar-refractivity contribution is 5.56. The molecule has 0 aromatic carbocycles. The van der Waals surface area contributed by atoms with Crippen molar-refractivity contribution in [3.05, 3.63) is 48.6 Å². The molecule has 0 bridgehead atoms. The number of allylic oxidation sites excluding steroid dienone is 8. The number of nitrogens with one attached hydrogen (secondary N) is 1. The SMILES string of the molecule is CCCCC/C=C\C/C=C\CCCCCCCCC(CCCCCCCC/C=C\C/C=C\CCCCC)CN=CCCCNC. The second-order valence-electron chi connectivity index (χ2n) is 13.4. The average molecular weight is 625 g/mol. The molecule has 0 saturated carbocycles. The van der Waals surface area contributed by atoms with Crippen LogP contribution in [0.2, 0.25) is 0 Å². The number of aliphatic imine (C=N–C) groups is 1. The number of hydrogen-bond donors (Lipinski definition) is 1. The highest BCUT2D eigenvalue weighted by Gasteiger charge is 2.08. The normalized spacial score (nSPS) is 12.6. The van der Waals surface area contributed by atoms with Crippen molar-refractivity contribution in [2.45, 2.75) is 194 Å². The molecule has 1 N–H and O–H groups in total. The molecule has 2 heteroatoms. The predicted molar refractivity (Wildman–Crippen MR) is 208 cm³/mol. The Morgan fingerprint density at radius 3 is 1.27 bits per heavy atom. The molecule has 0 aromatic heterocycles. The molecule has 0 heterocycles. The fourth-order valence-corrected chi connectivity index (χ4v) is 5.85. The van der Waals surface area contributed by atoms with E-state index in [-0.39, 0.29) is 0 Å². The molecule has 262 valence electrons. The summed E-state index contributed by atoms with van der Waals surface area (Å²) in [5.74, 6) is 0.794. The summed E-state index contributed by atoms with van der Waals surface area (Å²) >= 11 is 0. The van der Waals surface area contributed by atoms with Gasteiger partial charge in [-0.1, -0.05) is 152 Å². The Morgan fingerprint density at radius 1 is 0.444 bits per heavy atom. The minimum atomic E-state index is 0.794. The summed E-state index contributed by atoms with van der Waals surface area (Å²) < 4.78 is 0. The van der Waals surface area contributed by atoms with Crippen molar-refractivity contribution in [1.29, 1.82) is 0 Å². The Labute approximate surface area is 284 Å². The van der Waals surface area contributed by atoms with E-state index in [4.69, 9.17) is 4.99 Å². The molecule has 0 unspecified atom stereocenters. The van der Waals surface area contributed by atoms with Crippen LogP contribution in [0.5, 0.6) is 0 Å². The molecule has 0 fully saturated rings. The summed E-state index contributed by atoms with van der Waals surface area (Å²) in [7, 11) is 2.03. The van der Waals surface area contributed by atoms with Crippen LogP contribution in [0.4, 0.5) is 0 Å². The lowest BCUT2D eigenvalue weighted by Crippen LogP contribution is -2.08. The molecule has 0 aliphatic heterocycles. The molecule has 0 aliphatic carbocycles. The van der Waals surface area contributed by atoms with Gasteiger partial charge < -0.3 is 5.32 Å². The third-order valence-corrected chi connectivity index (χ3v) is 8.88. The first-order valence-corrected chi connectivity index (χ1v) is 20.1. The number of nitrogens with zero attached hydrogens (tertiary/aromatic N) is 1. The standard InChI is InChI=1S/C43H80N2/c1-4-6-8-10-12-14-16-18-20-22-24-26-28-30-32-34-38-43(42-45-41-37-36-40-44-3)39-35-33-31-29-27-25-23-21-19-17-15-13-11-9-7-5-2/h12-15,18-21,41,43-44H,4-11,16-17,22-40,42H2,1-3H3/b14-12-,15-13-,20-18-,21-19-,45-41?. The van der Waals surface area contributed by atoms with Crippen LogP contribution in [0, 0.1) is 5.92 Å². The van der Waals surface area contributed by atoms with Gasteiger partial charge in [0, 0.05) is 6.54 Å². The van der Waals surface area contributed by atoms with E-state index in [1.807, 2.05) is 7.05 Å². The van der Waals surface area contributed by atoms with E-state index in [0.717, 1.165) is 38.3 Å². The maximum atomic E-state index is 4.85. The second-order valence-corrected chi connectivity index (χ2v) is 13.4. The highest BCUT2D eigenvalue weighted by Crippen LogP contribution is 2.20. The maximum absolute atomic E-state index is 4.85. The van der Waals surface area contributed by atoms with Crippen LogP contribution in [-0.2, 0) is 0 Å². The van der Waals surface area contributed by atoms with Gasteiger partial charge in [0.25, 0.3) is 0 Å². The van der Waals surface area contributed by atoms with Gasteiger partial charge in [0.1, 0.15) is 0 Å². The van der Waals surface area contributed by atoms with Gasteiger partial charge in [0.15, 0.2) is 0 Å². The van der Waals surface area contributed by atoms with Crippen LogP contribution < -0.4 is 5.32 Å². The minimum absolute atomic E-state index is 0.794. The van der Waals surface area contributed by atoms with E-state index in [0.29, 0.717) is 0 Å². The highest BCUT2D eigenvalue weighted by atomic mass is 14.8. The first kappa shape index (κ1) is 43.6. The van der Waals surface area contributed by atoms with Crippen molar-refractivity contribution in [2.75, 3.05) is 20.1 Å². The third-order valence-electron chi connectivity index (χ3n) is 8.88. The molecule has 0 rings (SSSR count). The molecule has 0 saturated heterocycles. The van der Waals surface area contributed by atoms with Crippen molar-refractivity contribution in [1.82, 2.24) is 5.32 Å². The van der Waals surface area contributed by atoms with E-state index in [9.17, 15) is 0 Å². The summed E-state index contributed by atoms with van der Waals surface area (Å²) in [6.07, 6.45) is 58.2. The van der Waals surface area contributed by atoms with E-state index in [1.54, 1.807) is 0 Å². The van der Waals surface area contributed by atoms with E-state index < -0.39 is 0 Å². The van der Waals surface area contributed by atoms with Crippen LogP contribution in [0.3, 0.4) is 0 Å². The fourth-order valence-electron chi connectivity index (χ4n) is 5.85. The smallest absolute Gasteiger partial charge is 0.0413 e. The monoisotopic (exact) mass is 625 g/mol. The Bertz CT molecular complexity index is 638. The largest absolute Gasteiger partial charge is 0.320 e. The lowest BCUT2D eigenvalue weighted by atomic mass is 9.94. The van der Waals surface area contributed by atoms with Crippen LogP contribution >= 0.6 is 0 Å². The van der Waals surface area contributed by atoms with Gasteiger partial charge in [-0.15, -0.1) is 0 Å². The van der Waals surface area contributed by atoms with Crippen LogP contribution in [0.25, 0.3) is 0 Å². The molecule has 0 aromatic rings. The Hall–Kier alpha value is -1.41. The van der Waals surface area contributed by atoms with E-state index in [1.165, 1.54) is 161 Å². The Morgan fingerprint density at radius 2 is 0.844 bits per heavy atom. The molecule has 45 heavy (non-hydrogen) atoms. The molecule has 0 amide bonds. The first-order valence-electron chi connectivity index (χ1n) is 20.1. The van der Waals surface area contributed by atoms with Gasteiger partial charge in [-0.25, -0.2) is 0 Å². The molecule has 0 radical (unpaired) electrons. The fraction of sp³-hybridized carbons (Fsp3) is 0.791. The van der Waals surface area contributed by atoms with Crippen molar-refractivity contribution in [3.63, 3.8) is 0 Å². The van der Waals surface area contributed by atoms with E-state index >= 15 is 0 Å². The first-order chi connectivity index (χ1) is 22.3. The van der Waals surface area contributed by atoms with Gasteiger partial charge in [-0.2, -0.15) is 0 Å². The lowest BCUT2D eigenvalue weighted by Gasteiger charge is -2.15. The van der Waals surface area contributed by atoms with Crippen LogP contribution in [-0.4, -0.2) is 26.4 Å². The lowest BCUT2D eigenvalue weighted by molar-refractivity contribution is 0.411. The molecule has 2 nitrogen and oxygen atoms in total. The maximum Gasteiger partial charge on any atom is 0.0413 e. The van der Waals surface area contributed by atoms with Crippen molar-refractivity contribution < 1.29 is 0 Å². The zero-order chi connectivity index (χ0) is 32.6. The summed E-state index contributed by atoms with van der Waals surface area (Å²) in [6.45, 7) is 6.69. The van der Waals surface area contributed by atoms with Gasteiger partial charge in [-0.05, 0) is 116 Å². The van der Waals surface area contributed by atoms with Crippen molar-refractivity contribution in [2.24, 2.45) is 10.9 Å². The van der Waals surface area contributed by atoms with Gasteiger partial charge >= 0.3 is 0 Å². The topological polar surface area (TPSA) is 24.4 Å². The van der Waals surface area contributed by atoms with Gasteiger partial charge in [-0.3, -0.25) is 4.99 Å². The van der Waals surface area contributed by atoms with E-state index in [2.05, 4.69) is 74.0 Å². The number of rotatable bonds is 36. The summed E-state index contributed by atoms with van der Waals surface area (Å²) in [4.78, 5) is 4.85. The van der Waals surface area contributed by atoms with Crippen LogP contribution in [0.15, 0.2) is 53.6 Å². The average Bonchev–Trinajstić information content (AvgIpc) is 3.05. The van der Waals surface area contributed by atoms with Gasteiger partial charge in [0.2, 0.25) is 0 Å². The molecular formula is C43H80N2. The van der Waals surface area contributed by atoms with Crippen LogP contribution in [0.1, 0.15) is 194 Å². The molecule has 0 spiro atoms. The Kier molecular flexibility index (Phi) is 39.3. The Balaban J connectivity index is 3.91. The molecule has 0 aliphatic rings. The zero-order valence-electron chi connectivity index (χ0n) is 30.9. The minimum Gasteiger partial charge on any atom is -0.320 e. The summed E-state index contributed by atoms with van der Waals surface area (Å²) in [5, 5.41) is 3.24.